The minimum absolute atomic E-state index is 0.207. The third-order valence-electron chi connectivity index (χ3n) is 3.46. The first kappa shape index (κ1) is 17.2. The molecule has 1 atom stereocenters. The van der Waals surface area contributed by atoms with E-state index in [0.29, 0.717) is 17.9 Å². The summed E-state index contributed by atoms with van der Waals surface area (Å²) >= 11 is 0. The Morgan fingerprint density at radius 3 is 2.48 bits per heavy atom. The molecule has 3 nitrogen and oxygen atoms in total. The number of anilines is 1. The summed E-state index contributed by atoms with van der Waals surface area (Å²) in [6, 6.07) is 17.7. The Hall–Kier alpha value is -2.12. The van der Waals surface area contributed by atoms with Crippen LogP contribution in [0.15, 0.2) is 48.5 Å². The van der Waals surface area contributed by atoms with Crippen LogP contribution in [0.25, 0.3) is 0 Å². The predicted octanol–water partition coefficient (Wildman–Crippen LogP) is 4.22. The quantitative estimate of drug-likeness (QED) is 0.895. The van der Waals surface area contributed by atoms with Gasteiger partial charge < -0.3 is 5.32 Å². The van der Waals surface area contributed by atoms with Gasteiger partial charge in [-0.15, -0.1) is 0 Å². The monoisotopic (exact) mass is 326 g/mol. The van der Waals surface area contributed by atoms with Gasteiger partial charge in [-0.05, 0) is 56.2 Å². The first-order valence-corrected chi connectivity index (χ1v) is 8.91. The first-order valence-electron chi connectivity index (χ1n) is 7.59. The van der Waals surface area contributed by atoms with E-state index in [2.05, 4.69) is 11.4 Å². The van der Waals surface area contributed by atoms with Crippen LogP contribution in [0.5, 0.6) is 0 Å². The van der Waals surface area contributed by atoms with Crippen molar-refractivity contribution in [2.75, 3.05) is 5.32 Å². The van der Waals surface area contributed by atoms with Gasteiger partial charge in [-0.3, -0.25) is 4.21 Å². The molecule has 0 amide bonds. The van der Waals surface area contributed by atoms with Crippen molar-refractivity contribution in [1.82, 2.24) is 0 Å². The molecule has 0 fully saturated rings. The Morgan fingerprint density at radius 1 is 1.09 bits per heavy atom. The van der Waals surface area contributed by atoms with Gasteiger partial charge in [0, 0.05) is 33.5 Å². The molecule has 120 valence electrons. The lowest BCUT2D eigenvalue weighted by Crippen LogP contribution is -2.22. The molecule has 0 saturated heterocycles. The van der Waals surface area contributed by atoms with E-state index >= 15 is 0 Å². The Balaban J connectivity index is 2.03. The second-order valence-electron chi connectivity index (χ2n) is 6.47. The molecule has 2 aromatic carbocycles. The van der Waals surface area contributed by atoms with Crippen molar-refractivity contribution in [1.29, 1.82) is 5.26 Å². The largest absolute Gasteiger partial charge is 0.381 e. The molecular formula is C19H22N2OS. The highest BCUT2D eigenvalue weighted by molar-refractivity contribution is 7.85. The standard InChI is InChI=1S/C19H22N2OS/c1-19(2,3)23(22)14-17-8-5-9-18(11-17)21-13-16-7-4-6-15(10-16)12-20/h4-11,21H,13-14H2,1-3H3/t23-/m0/s1. The highest BCUT2D eigenvalue weighted by Gasteiger charge is 2.19. The maximum atomic E-state index is 12.3. The van der Waals surface area contributed by atoms with E-state index in [1.165, 1.54) is 0 Å². The number of nitriles is 1. The van der Waals surface area contributed by atoms with Crippen LogP contribution >= 0.6 is 0 Å². The summed E-state index contributed by atoms with van der Waals surface area (Å²) in [6.45, 7) is 6.63. The van der Waals surface area contributed by atoms with Crippen LogP contribution in [0.3, 0.4) is 0 Å². The highest BCUT2D eigenvalue weighted by atomic mass is 32.2. The van der Waals surface area contributed by atoms with Crippen molar-refractivity contribution in [2.45, 2.75) is 37.8 Å². The Labute approximate surface area is 140 Å². The van der Waals surface area contributed by atoms with Crippen LogP contribution in [-0.2, 0) is 23.1 Å². The maximum absolute atomic E-state index is 12.3. The summed E-state index contributed by atoms with van der Waals surface area (Å²) < 4.78 is 12.0. The molecule has 2 aromatic rings. The molecule has 2 rings (SSSR count). The van der Waals surface area contributed by atoms with Gasteiger partial charge in [0.05, 0.1) is 11.6 Å². The molecule has 0 spiro atoms. The zero-order chi connectivity index (χ0) is 16.9. The van der Waals surface area contributed by atoms with Crippen LogP contribution in [-0.4, -0.2) is 8.96 Å². The smallest absolute Gasteiger partial charge is 0.0991 e. The van der Waals surface area contributed by atoms with Crippen LogP contribution in [0.2, 0.25) is 0 Å². The lowest BCUT2D eigenvalue weighted by atomic mass is 10.1. The maximum Gasteiger partial charge on any atom is 0.0991 e. The van der Waals surface area contributed by atoms with Crippen LogP contribution < -0.4 is 5.32 Å². The minimum Gasteiger partial charge on any atom is -0.381 e. The van der Waals surface area contributed by atoms with Crippen molar-refractivity contribution in [3.8, 4) is 6.07 Å². The third-order valence-corrected chi connectivity index (χ3v) is 5.42. The van der Waals surface area contributed by atoms with Gasteiger partial charge >= 0.3 is 0 Å². The fourth-order valence-corrected chi connectivity index (χ4v) is 3.01. The summed E-state index contributed by atoms with van der Waals surface area (Å²) in [4.78, 5) is 0. The number of nitrogens with one attached hydrogen (secondary N) is 1. The van der Waals surface area contributed by atoms with Crippen molar-refractivity contribution < 1.29 is 4.21 Å². The average molecular weight is 326 g/mol. The van der Waals surface area contributed by atoms with Crippen molar-refractivity contribution in [3.05, 3.63) is 65.2 Å². The van der Waals surface area contributed by atoms with Gasteiger partial charge in [0.25, 0.3) is 0 Å². The molecule has 0 aliphatic rings. The normalized spacial score (nSPS) is 12.4. The number of nitrogens with zero attached hydrogens (tertiary/aromatic N) is 1. The van der Waals surface area contributed by atoms with E-state index in [9.17, 15) is 4.21 Å². The van der Waals surface area contributed by atoms with Gasteiger partial charge in [-0.25, -0.2) is 0 Å². The van der Waals surface area contributed by atoms with Gasteiger partial charge in [0.2, 0.25) is 0 Å². The SMILES string of the molecule is CC(C)(C)[S@@](=O)Cc1cccc(NCc2cccc(C#N)c2)c1. The van der Waals surface area contributed by atoms with E-state index in [4.69, 9.17) is 5.26 Å². The van der Waals surface area contributed by atoms with Crippen molar-refractivity contribution in [2.24, 2.45) is 0 Å². The topological polar surface area (TPSA) is 52.9 Å². The number of benzene rings is 2. The van der Waals surface area contributed by atoms with E-state index in [0.717, 1.165) is 16.8 Å². The molecule has 4 heteroatoms. The number of hydrogen-bond acceptors (Lipinski definition) is 3. The lowest BCUT2D eigenvalue weighted by molar-refractivity contribution is 0.648. The van der Waals surface area contributed by atoms with Gasteiger partial charge in [0.1, 0.15) is 0 Å². The molecule has 0 unspecified atom stereocenters. The molecule has 0 aliphatic carbocycles. The van der Waals surface area contributed by atoms with Crippen molar-refractivity contribution in [3.63, 3.8) is 0 Å². The molecular weight excluding hydrogens is 304 g/mol. The first-order chi connectivity index (χ1) is 10.9. The molecule has 0 bridgehead atoms. The predicted molar refractivity (Wildman–Crippen MR) is 96.5 cm³/mol. The average Bonchev–Trinajstić information content (AvgIpc) is 2.52. The second kappa shape index (κ2) is 7.43. The van der Waals surface area contributed by atoms with E-state index in [1.807, 2.05) is 63.2 Å². The Bertz CT molecular complexity index is 742. The van der Waals surface area contributed by atoms with Crippen molar-refractivity contribution >= 4 is 16.5 Å². The van der Waals surface area contributed by atoms with Gasteiger partial charge in [0.15, 0.2) is 0 Å². The second-order valence-corrected chi connectivity index (χ2v) is 8.67. The molecule has 23 heavy (non-hydrogen) atoms. The van der Waals surface area contributed by atoms with E-state index in [-0.39, 0.29) is 4.75 Å². The highest BCUT2D eigenvalue weighted by Crippen LogP contribution is 2.19. The zero-order valence-corrected chi connectivity index (χ0v) is 14.6. The lowest BCUT2D eigenvalue weighted by Gasteiger charge is -2.18. The number of rotatable bonds is 5. The third kappa shape index (κ3) is 5.22. The summed E-state index contributed by atoms with van der Waals surface area (Å²) in [5.41, 5.74) is 3.79. The summed E-state index contributed by atoms with van der Waals surface area (Å²) in [5, 5.41) is 12.3. The zero-order valence-electron chi connectivity index (χ0n) is 13.8. The minimum atomic E-state index is -0.905. The molecule has 0 radical (unpaired) electrons. The number of hydrogen-bond donors (Lipinski definition) is 1. The van der Waals surface area contributed by atoms with Crippen LogP contribution in [0.1, 0.15) is 37.5 Å². The fraction of sp³-hybridized carbons (Fsp3) is 0.316. The van der Waals surface area contributed by atoms with Gasteiger partial charge in [-0.1, -0.05) is 24.3 Å². The van der Waals surface area contributed by atoms with Crippen LogP contribution in [0, 0.1) is 11.3 Å². The summed E-state index contributed by atoms with van der Waals surface area (Å²) in [5.74, 6) is 0.558. The van der Waals surface area contributed by atoms with Gasteiger partial charge in [-0.2, -0.15) is 5.26 Å². The Kier molecular flexibility index (Phi) is 5.57. The molecule has 0 aromatic heterocycles. The summed E-state index contributed by atoms with van der Waals surface area (Å²) in [6.07, 6.45) is 0. The fourth-order valence-electron chi connectivity index (χ4n) is 2.09. The molecule has 0 saturated carbocycles. The van der Waals surface area contributed by atoms with Crippen LogP contribution in [0.4, 0.5) is 5.69 Å². The molecule has 0 aliphatic heterocycles. The van der Waals surface area contributed by atoms with E-state index < -0.39 is 10.8 Å². The molecule has 1 N–H and O–H groups in total. The Morgan fingerprint density at radius 2 is 1.78 bits per heavy atom. The van der Waals surface area contributed by atoms with E-state index in [1.54, 1.807) is 6.07 Å². The summed E-state index contributed by atoms with van der Waals surface area (Å²) in [7, 11) is -0.905. The molecule has 0 heterocycles.